The van der Waals surface area contributed by atoms with Gasteiger partial charge in [-0.25, -0.2) is 4.39 Å². The molecule has 0 radical (unpaired) electrons. The third-order valence-corrected chi connectivity index (χ3v) is 3.79. The van der Waals surface area contributed by atoms with E-state index < -0.39 is 5.41 Å². The molecule has 0 saturated carbocycles. The summed E-state index contributed by atoms with van der Waals surface area (Å²) in [6.07, 6.45) is 0.885. The van der Waals surface area contributed by atoms with Crippen LogP contribution in [0.5, 0.6) is 0 Å². The highest BCUT2D eigenvalue weighted by Crippen LogP contribution is 2.32. The fraction of sp³-hybridized carbons (Fsp3) is 0.562. The average molecular weight is 279 g/mol. The lowest BCUT2D eigenvalue weighted by Crippen LogP contribution is -2.37. The van der Waals surface area contributed by atoms with Crippen LogP contribution in [-0.4, -0.2) is 25.7 Å². The summed E-state index contributed by atoms with van der Waals surface area (Å²) >= 11 is 0. The maximum Gasteiger partial charge on any atom is 0.311 e. The predicted molar refractivity (Wildman–Crippen MR) is 76.0 cm³/mol. The lowest BCUT2D eigenvalue weighted by molar-refractivity contribution is -0.154. The van der Waals surface area contributed by atoms with Crippen LogP contribution in [-0.2, 0) is 14.9 Å². The van der Waals surface area contributed by atoms with Gasteiger partial charge in [-0.2, -0.15) is 0 Å². The molecule has 1 fully saturated rings. The molecule has 1 atom stereocenters. The quantitative estimate of drug-likeness (QED) is 0.864. The van der Waals surface area contributed by atoms with Crippen molar-refractivity contribution in [2.45, 2.75) is 32.6 Å². The molecule has 1 aromatic rings. The first-order chi connectivity index (χ1) is 9.33. The highest BCUT2D eigenvalue weighted by atomic mass is 19.1. The number of hydrogen-bond donors (Lipinski definition) is 1. The average Bonchev–Trinajstić information content (AvgIpc) is 2.85. The molecule has 1 N–H and O–H groups in total. The minimum absolute atomic E-state index is 0.203. The van der Waals surface area contributed by atoms with E-state index in [1.807, 2.05) is 20.8 Å². The highest BCUT2D eigenvalue weighted by Gasteiger charge is 2.38. The maximum absolute atomic E-state index is 13.1. The molecule has 1 aromatic carbocycles. The molecule has 0 bridgehead atoms. The molecule has 0 spiro atoms. The molecule has 0 aliphatic carbocycles. The van der Waals surface area contributed by atoms with Crippen molar-refractivity contribution >= 4 is 5.97 Å². The van der Waals surface area contributed by atoms with Gasteiger partial charge < -0.3 is 10.1 Å². The largest absolute Gasteiger partial charge is 0.464 e. The van der Waals surface area contributed by atoms with Crippen LogP contribution in [0.2, 0.25) is 0 Å². The minimum Gasteiger partial charge on any atom is -0.464 e. The summed E-state index contributed by atoms with van der Waals surface area (Å²) in [6.45, 7) is 7.48. The Morgan fingerprint density at radius 2 is 2.00 bits per heavy atom. The van der Waals surface area contributed by atoms with E-state index >= 15 is 0 Å². The van der Waals surface area contributed by atoms with E-state index in [-0.39, 0.29) is 17.2 Å². The number of carbonyl (C=O) groups excluding carboxylic acids is 1. The van der Waals surface area contributed by atoms with Crippen LogP contribution in [0.3, 0.4) is 0 Å². The van der Waals surface area contributed by atoms with Gasteiger partial charge in [-0.05, 0) is 51.4 Å². The van der Waals surface area contributed by atoms with Crippen LogP contribution < -0.4 is 5.32 Å². The Kier molecular flexibility index (Phi) is 4.14. The van der Waals surface area contributed by atoms with Crippen LogP contribution >= 0.6 is 0 Å². The Bertz CT molecular complexity index is 470. The zero-order valence-electron chi connectivity index (χ0n) is 12.3. The first-order valence-electron chi connectivity index (χ1n) is 6.98. The zero-order chi connectivity index (χ0) is 14.8. The summed E-state index contributed by atoms with van der Waals surface area (Å²) in [4.78, 5) is 11.9. The molecule has 4 heteroatoms. The molecule has 1 aliphatic rings. The minimum atomic E-state index is -0.504. The van der Waals surface area contributed by atoms with Crippen molar-refractivity contribution in [2.75, 3.05) is 19.7 Å². The Hall–Kier alpha value is -1.42. The first-order valence-corrected chi connectivity index (χ1v) is 6.98. The summed E-state index contributed by atoms with van der Waals surface area (Å²) in [7, 11) is 0. The van der Waals surface area contributed by atoms with E-state index in [1.165, 1.54) is 12.1 Å². The Morgan fingerprint density at radius 3 is 2.50 bits per heavy atom. The predicted octanol–water partition coefficient (Wildman–Crippen LogP) is 2.65. The maximum atomic E-state index is 13.1. The van der Waals surface area contributed by atoms with E-state index in [0.717, 1.165) is 25.1 Å². The fourth-order valence-corrected chi connectivity index (χ4v) is 2.42. The van der Waals surface area contributed by atoms with E-state index in [2.05, 4.69) is 5.32 Å². The molecule has 110 valence electrons. The molecule has 0 aromatic heterocycles. The molecule has 1 heterocycles. The van der Waals surface area contributed by atoms with Gasteiger partial charge in [0.05, 0.1) is 5.41 Å². The summed E-state index contributed by atoms with van der Waals surface area (Å²) < 4.78 is 18.6. The van der Waals surface area contributed by atoms with Gasteiger partial charge in [0.1, 0.15) is 12.4 Å². The first kappa shape index (κ1) is 15.0. The van der Waals surface area contributed by atoms with Gasteiger partial charge in [0, 0.05) is 12.0 Å². The lowest BCUT2D eigenvalue weighted by atomic mass is 9.80. The molecular weight excluding hydrogens is 257 g/mol. The normalized spacial score (nSPS) is 22.8. The summed E-state index contributed by atoms with van der Waals surface area (Å²) in [5.74, 6) is -0.451. The fourth-order valence-electron chi connectivity index (χ4n) is 2.42. The Labute approximate surface area is 119 Å². The molecule has 3 nitrogen and oxygen atoms in total. The number of carbonyl (C=O) groups is 1. The number of nitrogens with one attached hydrogen (secondary N) is 1. The second kappa shape index (κ2) is 5.52. The van der Waals surface area contributed by atoms with E-state index in [4.69, 9.17) is 4.74 Å². The number of halogens is 1. The summed E-state index contributed by atoms with van der Waals surface area (Å²) in [6, 6.07) is 6.49. The number of rotatable bonds is 3. The standard InChI is InChI=1S/C16H22FNO2/c1-15(2,3)14(19)20-11-16(8-9-18-10-16)12-4-6-13(17)7-5-12/h4-7,18H,8-11H2,1-3H3. The number of esters is 1. The number of hydrogen-bond acceptors (Lipinski definition) is 3. The van der Waals surface area contributed by atoms with Gasteiger partial charge in [0.2, 0.25) is 0 Å². The summed E-state index contributed by atoms with van der Waals surface area (Å²) in [5.41, 5.74) is 0.274. The molecule has 1 saturated heterocycles. The molecular formula is C16H22FNO2. The SMILES string of the molecule is CC(C)(C)C(=O)OCC1(c2ccc(F)cc2)CCNC1. The van der Waals surface area contributed by atoms with Gasteiger partial charge >= 0.3 is 5.97 Å². The monoisotopic (exact) mass is 279 g/mol. The van der Waals surface area contributed by atoms with Gasteiger partial charge in [-0.3, -0.25) is 4.79 Å². The summed E-state index contributed by atoms with van der Waals surface area (Å²) in [5, 5.41) is 3.30. The van der Waals surface area contributed by atoms with Crippen molar-refractivity contribution in [3.8, 4) is 0 Å². The van der Waals surface area contributed by atoms with Crippen molar-refractivity contribution in [2.24, 2.45) is 5.41 Å². The van der Waals surface area contributed by atoms with E-state index in [9.17, 15) is 9.18 Å². The molecule has 0 amide bonds. The van der Waals surface area contributed by atoms with Crippen LogP contribution in [0.1, 0.15) is 32.8 Å². The zero-order valence-corrected chi connectivity index (χ0v) is 12.3. The van der Waals surface area contributed by atoms with E-state index in [1.54, 1.807) is 12.1 Å². The van der Waals surface area contributed by atoms with Crippen LogP contribution in [0.25, 0.3) is 0 Å². The van der Waals surface area contributed by atoms with Gasteiger partial charge in [0.25, 0.3) is 0 Å². The van der Waals surface area contributed by atoms with Crippen LogP contribution in [0.15, 0.2) is 24.3 Å². The second-order valence-corrected chi connectivity index (χ2v) is 6.54. The van der Waals surface area contributed by atoms with Crippen molar-refractivity contribution in [3.63, 3.8) is 0 Å². The number of benzene rings is 1. The van der Waals surface area contributed by atoms with Crippen LogP contribution in [0, 0.1) is 11.2 Å². The van der Waals surface area contributed by atoms with Crippen molar-refractivity contribution < 1.29 is 13.9 Å². The van der Waals surface area contributed by atoms with E-state index in [0.29, 0.717) is 6.61 Å². The van der Waals surface area contributed by atoms with Crippen molar-refractivity contribution in [1.29, 1.82) is 0 Å². The molecule has 20 heavy (non-hydrogen) atoms. The number of ether oxygens (including phenoxy) is 1. The third kappa shape index (κ3) is 3.18. The topological polar surface area (TPSA) is 38.3 Å². The Balaban J connectivity index is 2.14. The van der Waals surface area contributed by atoms with Crippen LogP contribution in [0.4, 0.5) is 4.39 Å². The third-order valence-electron chi connectivity index (χ3n) is 3.79. The van der Waals surface area contributed by atoms with Gasteiger partial charge in [-0.1, -0.05) is 12.1 Å². The van der Waals surface area contributed by atoms with Gasteiger partial charge in [0.15, 0.2) is 0 Å². The second-order valence-electron chi connectivity index (χ2n) is 6.54. The molecule has 1 unspecified atom stereocenters. The smallest absolute Gasteiger partial charge is 0.311 e. The van der Waals surface area contributed by atoms with Crippen molar-refractivity contribution in [1.82, 2.24) is 5.32 Å². The van der Waals surface area contributed by atoms with Gasteiger partial charge in [-0.15, -0.1) is 0 Å². The lowest BCUT2D eigenvalue weighted by Gasteiger charge is -2.30. The highest BCUT2D eigenvalue weighted by molar-refractivity contribution is 5.75. The van der Waals surface area contributed by atoms with Crippen molar-refractivity contribution in [3.05, 3.63) is 35.6 Å². The molecule has 2 rings (SSSR count). The molecule has 1 aliphatic heterocycles. The Morgan fingerprint density at radius 1 is 1.35 bits per heavy atom.